The monoisotopic (exact) mass is 174 g/mol. The van der Waals surface area contributed by atoms with Crippen molar-refractivity contribution in [2.75, 3.05) is 5.75 Å². The molecule has 0 aromatic carbocycles. The summed E-state index contributed by atoms with van der Waals surface area (Å²) in [6.07, 6.45) is 1.00. The molecule has 0 bridgehead atoms. The lowest BCUT2D eigenvalue weighted by Gasteiger charge is -1.99. The van der Waals surface area contributed by atoms with Crippen LogP contribution in [0.15, 0.2) is 4.99 Å². The Labute approximate surface area is 70.3 Å². The van der Waals surface area contributed by atoms with Crippen LogP contribution in [0.5, 0.6) is 0 Å². The molecule has 2 nitrogen and oxygen atoms in total. The van der Waals surface area contributed by atoms with Crippen LogP contribution in [0.4, 0.5) is 0 Å². The predicted molar refractivity (Wildman–Crippen MR) is 50.8 cm³/mol. The molecule has 0 saturated heterocycles. The van der Waals surface area contributed by atoms with Crippen LogP contribution in [0.2, 0.25) is 0 Å². The highest BCUT2D eigenvalue weighted by Gasteiger charge is 2.18. The first-order valence-electron chi connectivity index (χ1n) is 3.22. The Kier molecular flexibility index (Phi) is 2.68. The second-order valence-electron chi connectivity index (χ2n) is 2.11. The third-order valence-electron chi connectivity index (χ3n) is 1.34. The molecule has 0 spiro atoms. The Bertz CT molecular complexity index is 177. The van der Waals surface area contributed by atoms with E-state index in [9.17, 15) is 0 Å². The molecule has 56 valence electrons. The van der Waals surface area contributed by atoms with Crippen LogP contribution >= 0.6 is 24.0 Å². The minimum atomic E-state index is 0.106. The van der Waals surface area contributed by atoms with Gasteiger partial charge in [-0.05, 0) is 6.42 Å². The zero-order valence-corrected chi connectivity index (χ0v) is 7.47. The molecule has 1 heterocycles. The standard InChI is InChI=1S/C6H10N2S2/c1-2-5-8-4(3-10-5)6(7)9/h4H,2-3H2,1H3,(H2,7,9)/t4-/m0/s1. The van der Waals surface area contributed by atoms with Crippen LogP contribution < -0.4 is 5.73 Å². The molecule has 0 amide bonds. The fraction of sp³-hybridized carbons (Fsp3) is 0.667. The smallest absolute Gasteiger partial charge is 0.110 e. The molecule has 0 unspecified atom stereocenters. The van der Waals surface area contributed by atoms with Crippen molar-refractivity contribution in [3.63, 3.8) is 0 Å². The van der Waals surface area contributed by atoms with Gasteiger partial charge in [0.15, 0.2) is 0 Å². The quantitative estimate of drug-likeness (QED) is 0.639. The Morgan fingerprint density at radius 2 is 2.70 bits per heavy atom. The molecule has 0 aromatic heterocycles. The van der Waals surface area contributed by atoms with Gasteiger partial charge in [0.25, 0.3) is 0 Å². The summed E-state index contributed by atoms with van der Waals surface area (Å²) in [5.74, 6) is 0.943. The zero-order valence-electron chi connectivity index (χ0n) is 5.83. The minimum absolute atomic E-state index is 0.106. The third-order valence-corrected chi connectivity index (χ3v) is 2.82. The molecule has 0 aliphatic carbocycles. The normalized spacial score (nSPS) is 24.5. The largest absolute Gasteiger partial charge is 0.392 e. The molecule has 10 heavy (non-hydrogen) atoms. The first-order valence-corrected chi connectivity index (χ1v) is 4.62. The van der Waals surface area contributed by atoms with Crippen LogP contribution in [-0.4, -0.2) is 21.8 Å². The van der Waals surface area contributed by atoms with Gasteiger partial charge in [-0.3, -0.25) is 4.99 Å². The van der Waals surface area contributed by atoms with Gasteiger partial charge in [-0.15, -0.1) is 11.8 Å². The second kappa shape index (κ2) is 3.34. The third kappa shape index (κ3) is 1.70. The average molecular weight is 174 g/mol. The van der Waals surface area contributed by atoms with Gasteiger partial charge in [0.1, 0.15) is 6.04 Å². The van der Waals surface area contributed by atoms with E-state index in [1.165, 1.54) is 5.04 Å². The van der Waals surface area contributed by atoms with Crippen molar-refractivity contribution < 1.29 is 0 Å². The molecule has 0 fully saturated rings. The molecule has 1 aliphatic heterocycles. The van der Waals surface area contributed by atoms with Crippen molar-refractivity contribution in [2.45, 2.75) is 19.4 Å². The Balaban J connectivity index is 2.55. The predicted octanol–water partition coefficient (Wildman–Crippen LogP) is 1.20. The Hall–Kier alpha value is -0.0900. The van der Waals surface area contributed by atoms with E-state index in [0.717, 1.165) is 12.2 Å². The SMILES string of the molecule is CCC1=N[C@H](C(N)=S)CS1. The molecule has 0 radical (unpaired) electrons. The van der Waals surface area contributed by atoms with Crippen molar-refractivity contribution in [1.82, 2.24) is 0 Å². The maximum Gasteiger partial charge on any atom is 0.110 e. The number of nitrogens with two attached hydrogens (primary N) is 1. The summed E-state index contributed by atoms with van der Waals surface area (Å²) in [5, 5.41) is 1.18. The highest BCUT2D eigenvalue weighted by molar-refractivity contribution is 8.14. The number of hydrogen-bond acceptors (Lipinski definition) is 3. The summed E-state index contributed by atoms with van der Waals surface area (Å²) in [6.45, 7) is 2.09. The first-order chi connectivity index (χ1) is 4.74. The molecule has 0 saturated carbocycles. The van der Waals surface area contributed by atoms with Gasteiger partial charge >= 0.3 is 0 Å². The van der Waals surface area contributed by atoms with E-state index in [1.54, 1.807) is 11.8 Å². The molecule has 1 atom stereocenters. The van der Waals surface area contributed by atoms with Crippen molar-refractivity contribution in [3.05, 3.63) is 0 Å². The van der Waals surface area contributed by atoms with E-state index < -0.39 is 0 Å². The van der Waals surface area contributed by atoms with Crippen molar-refractivity contribution in [1.29, 1.82) is 0 Å². The second-order valence-corrected chi connectivity index (χ2v) is 3.67. The first kappa shape index (κ1) is 8.01. The van der Waals surface area contributed by atoms with Crippen molar-refractivity contribution in [3.8, 4) is 0 Å². The van der Waals surface area contributed by atoms with Gasteiger partial charge in [-0.2, -0.15) is 0 Å². The number of hydrogen-bond donors (Lipinski definition) is 1. The van der Waals surface area contributed by atoms with Crippen LogP contribution in [0.1, 0.15) is 13.3 Å². The number of thiocarbonyl (C=S) groups is 1. The lowest BCUT2D eigenvalue weighted by atomic mass is 10.3. The van der Waals surface area contributed by atoms with E-state index in [-0.39, 0.29) is 6.04 Å². The molecular formula is C6H10N2S2. The number of aliphatic imine (C=N–C) groups is 1. The summed E-state index contributed by atoms with van der Waals surface area (Å²) in [6, 6.07) is 0.106. The van der Waals surface area contributed by atoms with Crippen molar-refractivity contribution in [2.24, 2.45) is 10.7 Å². The average Bonchev–Trinajstić information content (AvgIpc) is 2.34. The Morgan fingerprint density at radius 1 is 2.00 bits per heavy atom. The highest BCUT2D eigenvalue weighted by atomic mass is 32.2. The lowest BCUT2D eigenvalue weighted by molar-refractivity contribution is 1.01. The van der Waals surface area contributed by atoms with Gasteiger partial charge in [-0.1, -0.05) is 19.1 Å². The fourth-order valence-electron chi connectivity index (χ4n) is 0.763. The van der Waals surface area contributed by atoms with Crippen LogP contribution in [-0.2, 0) is 0 Å². The van der Waals surface area contributed by atoms with E-state index in [0.29, 0.717) is 4.99 Å². The maximum absolute atomic E-state index is 5.43. The molecule has 1 rings (SSSR count). The number of rotatable bonds is 2. The van der Waals surface area contributed by atoms with E-state index in [1.807, 2.05) is 0 Å². The Morgan fingerprint density at radius 3 is 3.00 bits per heavy atom. The highest BCUT2D eigenvalue weighted by Crippen LogP contribution is 2.19. The van der Waals surface area contributed by atoms with Crippen LogP contribution in [0, 0.1) is 0 Å². The van der Waals surface area contributed by atoms with Gasteiger partial charge in [0.2, 0.25) is 0 Å². The molecular weight excluding hydrogens is 164 g/mol. The van der Waals surface area contributed by atoms with E-state index >= 15 is 0 Å². The summed E-state index contributed by atoms with van der Waals surface area (Å²) in [5.41, 5.74) is 5.43. The summed E-state index contributed by atoms with van der Waals surface area (Å²) in [4.78, 5) is 4.84. The van der Waals surface area contributed by atoms with Gasteiger partial charge in [0, 0.05) is 5.75 Å². The number of thioether (sulfide) groups is 1. The van der Waals surface area contributed by atoms with Crippen LogP contribution in [0.25, 0.3) is 0 Å². The fourth-order valence-corrected chi connectivity index (χ4v) is 2.01. The zero-order chi connectivity index (χ0) is 7.56. The van der Waals surface area contributed by atoms with Crippen molar-refractivity contribution >= 4 is 34.0 Å². The topological polar surface area (TPSA) is 38.4 Å². The summed E-state index contributed by atoms with van der Waals surface area (Å²) in [7, 11) is 0. The lowest BCUT2D eigenvalue weighted by Crippen LogP contribution is -2.24. The van der Waals surface area contributed by atoms with E-state index in [2.05, 4.69) is 11.9 Å². The van der Waals surface area contributed by atoms with Gasteiger partial charge in [-0.25, -0.2) is 0 Å². The van der Waals surface area contributed by atoms with Gasteiger partial charge in [0.05, 0.1) is 10.0 Å². The number of nitrogens with zero attached hydrogens (tertiary/aromatic N) is 1. The molecule has 4 heteroatoms. The summed E-state index contributed by atoms with van der Waals surface area (Å²) < 4.78 is 0. The summed E-state index contributed by atoms with van der Waals surface area (Å²) >= 11 is 6.57. The van der Waals surface area contributed by atoms with Crippen LogP contribution in [0.3, 0.4) is 0 Å². The molecule has 0 aromatic rings. The molecule has 2 N–H and O–H groups in total. The molecule has 1 aliphatic rings. The minimum Gasteiger partial charge on any atom is -0.392 e. The van der Waals surface area contributed by atoms with Gasteiger partial charge < -0.3 is 5.73 Å². The maximum atomic E-state index is 5.43. The van der Waals surface area contributed by atoms with E-state index in [4.69, 9.17) is 18.0 Å².